The van der Waals surface area contributed by atoms with E-state index in [1.54, 1.807) is 12.1 Å². The number of rotatable bonds is 8. The zero-order chi connectivity index (χ0) is 55.0. The lowest BCUT2D eigenvalue weighted by Gasteiger charge is -2.30. The molecule has 0 aliphatic heterocycles. The van der Waals surface area contributed by atoms with Crippen LogP contribution in [-0.2, 0) is 10.8 Å². The summed E-state index contributed by atoms with van der Waals surface area (Å²) in [5.74, 6) is -0.261. The van der Waals surface area contributed by atoms with Gasteiger partial charge in [-0.05, 0) is 163 Å². The van der Waals surface area contributed by atoms with E-state index in [4.69, 9.17) is 0 Å². The summed E-state index contributed by atoms with van der Waals surface area (Å²) in [6, 6.07) is 96.4. The molecule has 2 aliphatic carbocycles. The molecule has 82 heavy (non-hydrogen) atoms. The molecular formula is C78H56FN3. The zero-order valence-electron chi connectivity index (χ0n) is 46.1. The fraction of sp³-hybridized carbons (Fsp3) is 0.0769. The fourth-order valence-corrected chi connectivity index (χ4v) is 14.3. The second kappa shape index (κ2) is 18.0. The number of nitrogens with zero attached hydrogens (tertiary/aromatic N) is 3. The summed E-state index contributed by atoms with van der Waals surface area (Å²) in [4.78, 5) is 2.49. The third-order valence-electron chi connectivity index (χ3n) is 18.2. The van der Waals surface area contributed by atoms with Crippen molar-refractivity contribution in [3.8, 4) is 67.1 Å². The summed E-state index contributed by atoms with van der Waals surface area (Å²) in [6.45, 7) is 9.53. The van der Waals surface area contributed by atoms with Crippen LogP contribution in [0.1, 0.15) is 49.9 Å². The van der Waals surface area contributed by atoms with Gasteiger partial charge >= 0.3 is 0 Å². The molecule has 0 saturated carbocycles. The second-order valence-corrected chi connectivity index (χ2v) is 23.4. The van der Waals surface area contributed by atoms with Crippen molar-refractivity contribution < 1.29 is 4.39 Å². The van der Waals surface area contributed by atoms with Gasteiger partial charge in [0.25, 0.3) is 0 Å². The molecule has 0 radical (unpaired) electrons. The van der Waals surface area contributed by atoms with Gasteiger partial charge in [-0.25, -0.2) is 4.39 Å². The molecule has 0 spiro atoms. The Labute approximate surface area is 477 Å². The van der Waals surface area contributed by atoms with E-state index in [2.05, 4.69) is 284 Å². The number of hydrogen-bond donors (Lipinski definition) is 0. The van der Waals surface area contributed by atoms with Gasteiger partial charge in [-0.15, -0.1) is 0 Å². The van der Waals surface area contributed by atoms with Crippen molar-refractivity contribution in [2.45, 2.75) is 38.5 Å². The summed E-state index contributed by atoms with van der Waals surface area (Å²) < 4.78 is 19.5. The lowest BCUT2D eigenvalue weighted by molar-refractivity contribution is 0.627. The van der Waals surface area contributed by atoms with Crippen molar-refractivity contribution in [2.24, 2.45) is 0 Å². The van der Waals surface area contributed by atoms with Crippen LogP contribution in [0.5, 0.6) is 0 Å². The van der Waals surface area contributed by atoms with Gasteiger partial charge in [-0.2, -0.15) is 0 Å². The summed E-state index contributed by atoms with van der Waals surface area (Å²) in [5.41, 5.74) is 25.6. The third kappa shape index (κ3) is 7.07. The van der Waals surface area contributed by atoms with Crippen molar-refractivity contribution in [1.82, 2.24) is 9.13 Å². The van der Waals surface area contributed by atoms with Crippen LogP contribution in [0.3, 0.4) is 0 Å². The van der Waals surface area contributed by atoms with Gasteiger partial charge in [-0.3, -0.25) is 0 Å². The molecule has 2 aliphatic rings. The normalized spacial score (nSPS) is 13.6. The number of aromatic nitrogens is 2. The van der Waals surface area contributed by atoms with E-state index < -0.39 is 0 Å². The van der Waals surface area contributed by atoms with E-state index in [1.165, 1.54) is 77.4 Å². The monoisotopic (exact) mass is 1050 g/mol. The van der Waals surface area contributed by atoms with Crippen LogP contribution < -0.4 is 4.90 Å². The predicted octanol–water partition coefficient (Wildman–Crippen LogP) is 21.1. The van der Waals surface area contributed by atoms with Gasteiger partial charge in [0.2, 0.25) is 0 Å². The zero-order valence-corrected chi connectivity index (χ0v) is 46.1. The Bertz CT molecular complexity index is 4910. The molecule has 16 rings (SSSR count). The van der Waals surface area contributed by atoms with Crippen LogP contribution in [0.2, 0.25) is 0 Å². The molecule has 2 aromatic heterocycles. The van der Waals surface area contributed by atoms with E-state index in [9.17, 15) is 4.39 Å². The van der Waals surface area contributed by atoms with Crippen LogP contribution in [0.25, 0.3) is 111 Å². The lowest BCUT2D eigenvalue weighted by atomic mass is 9.81. The molecule has 4 heteroatoms. The van der Waals surface area contributed by atoms with Gasteiger partial charge in [0, 0.05) is 66.4 Å². The molecule has 0 unspecified atom stereocenters. The Morgan fingerprint density at radius 3 is 1.55 bits per heavy atom. The van der Waals surface area contributed by atoms with E-state index in [-0.39, 0.29) is 16.6 Å². The third-order valence-corrected chi connectivity index (χ3v) is 18.2. The smallest absolute Gasteiger partial charge is 0.123 e. The first-order valence-corrected chi connectivity index (χ1v) is 28.5. The summed E-state index contributed by atoms with van der Waals surface area (Å²) in [6.07, 6.45) is 0. The molecule has 0 atom stereocenters. The molecule has 3 nitrogen and oxygen atoms in total. The van der Waals surface area contributed by atoms with E-state index in [0.29, 0.717) is 0 Å². The maximum atomic E-state index is 14.8. The minimum absolute atomic E-state index is 0.168. The molecule has 0 fully saturated rings. The summed E-state index contributed by atoms with van der Waals surface area (Å²) in [5, 5.41) is 5.87. The van der Waals surface area contributed by atoms with E-state index in [0.717, 1.165) is 72.5 Å². The van der Waals surface area contributed by atoms with Crippen LogP contribution >= 0.6 is 0 Å². The Hall–Kier alpha value is -10.0. The maximum absolute atomic E-state index is 14.8. The predicted molar refractivity (Wildman–Crippen MR) is 341 cm³/mol. The lowest BCUT2D eigenvalue weighted by Crippen LogP contribution is -2.18. The van der Waals surface area contributed by atoms with Gasteiger partial charge in [-0.1, -0.05) is 204 Å². The first-order valence-electron chi connectivity index (χ1n) is 28.5. The van der Waals surface area contributed by atoms with Gasteiger partial charge in [0.1, 0.15) is 5.82 Å². The number of hydrogen-bond acceptors (Lipinski definition) is 1. The highest BCUT2D eigenvalue weighted by Crippen LogP contribution is 2.55. The average molecular weight is 1050 g/mol. The first-order chi connectivity index (χ1) is 40.1. The molecule has 0 N–H and O–H groups in total. The molecule has 14 aromatic rings. The number of para-hydroxylation sites is 2. The molecule has 0 bridgehead atoms. The summed E-state index contributed by atoms with van der Waals surface area (Å²) >= 11 is 0. The van der Waals surface area contributed by atoms with Gasteiger partial charge in [0.05, 0.1) is 22.2 Å². The highest BCUT2D eigenvalue weighted by atomic mass is 19.1. The summed E-state index contributed by atoms with van der Waals surface area (Å²) in [7, 11) is 0. The first kappa shape index (κ1) is 47.9. The highest BCUT2D eigenvalue weighted by Gasteiger charge is 2.38. The molecule has 0 saturated heterocycles. The van der Waals surface area contributed by atoms with E-state index in [1.807, 2.05) is 12.1 Å². The van der Waals surface area contributed by atoms with Crippen LogP contribution in [0.15, 0.2) is 267 Å². The molecular weight excluding hydrogens is 998 g/mol. The Balaban J connectivity index is 0.851. The molecule has 390 valence electrons. The maximum Gasteiger partial charge on any atom is 0.123 e. The number of benzene rings is 12. The van der Waals surface area contributed by atoms with Gasteiger partial charge in [0.15, 0.2) is 0 Å². The van der Waals surface area contributed by atoms with Crippen molar-refractivity contribution in [2.75, 3.05) is 4.90 Å². The van der Waals surface area contributed by atoms with Crippen molar-refractivity contribution in [1.29, 1.82) is 0 Å². The quantitative estimate of drug-likeness (QED) is 0.148. The molecule has 0 amide bonds. The second-order valence-electron chi connectivity index (χ2n) is 23.4. The topological polar surface area (TPSA) is 13.1 Å². The Morgan fingerprint density at radius 1 is 0.317 bits per heavy atom. The van der Waals surface area contributed by atoms with Crippen molar-refractivity contribution >= 4 is 60.5 Å². The van der Waals surface area contributed by atoms with Gasteiger partial charge < -0.3 is 14.0 Å². The SMILES string of the molecule is CC1(C)c2ccccc2-c2ccc(N(c3ccc4c(c3)C(C)(C)c3cc(-c5cccc6c5ccc5c(-c7ccccc7)c(-c7ccccc7)n(-c7ccc(F)cc7)c56)ccc3-4)c3ccc4c(c3)c3ccccc3n4-c3ccccc3)cc21. The van der Waals surface area contributed by atoms with Crippen molar-refractivity contribution in [3.63, 3.8) is 0 Å². The molecule has 2 heterocycles. The van der Waals surface area contributed by atoms with Crippen LogP contribution in [0.4, 0.5) is 21.5 Å². The Kier molecular flexibility index (Phi) is 10.5. The van der Waals surface area contributed by atoms with Crippen LogP contribution in [0, 0.1) is 5.82 Å². The standard InChI is InChI=1S/C78H56FN3/c1-77(2)68-29-16-14-25-60(68)62-40-36-56(47-70(62)77)80(55-38-44-73-67(46-55)64-26-15-17-30-72(64)81(73)53-23-12-7-13-24-53)57-37-41-63-61-39-31-51(45-69(61)78(3,4)71(63)48-57)58-27-18-28-65-59(58)42-43-66-74(49-19-8-5-9-20-49)75(50-21-10-6-11-22-50)82(76(65)66)54-34-32-52(79)33-35-54/h5-48H,1-4H3. The fourth-order valence-electron chi connectivity index (χ4n) is 14.3. The number of anilines is 3. The minimum atomic E-state index is -0.332. The number of fused-ring (bicyclic) bond motifs is 12. The van der Waals surface area contributed by atoms with Crippen molar-refractivity contribution in [3.05, 3.63) is 295 Å². The van der Waals surface area contributed by atoms with E-state index >= 15 is 0 Å². The highest BCUT2D eigenvalue weighted by molar-refractivity contribution is 6.18. The molecule has 12 aromatic carbocycles. The largest absolute Gasteiger partial charge is 0.310 e. The Morgan fingerprint density at radius 2 is 0.829 bits per heavy atom. The average Bonchev–Trinajstić information content (AvgIpc) is 3.82. The minimum Gasteiger partial charge on any atom is -0.310 e. The number of halogens is 1. The van der Waals surface area contributed by atoms with Crippen LogP contribution in [-0.4, -0.2) is 9.13 Å².